The molecule has 0 radical (unpaired) electrons. The third-order valence-corrected chi connectivity index (χ3v) is 9.26. The van der Waals surface area contributed by atoms with Crippen LogP contribution >= 0.6 is 0 Å². The number of aliphatic hydroxyl groups excluding tert-OH is 1. The van der Waals surface area contributed by atoms with Crippen LogP contribution in [-0.2, 0) is 23.9 Å². The number of ether oxygens (including phenoxy) is 2. The van der Waals surface area contributed by atoms with Crippen LogP contribution in [0.25, 0.3) is 0 Å². The van der Waals surface area contributed by atoms with E-state index in [1.54, 1.807) is 4.90 Å². The third-order valence-electron chi connectivity index (χ3n) is 9.26. The summed E-state index contributed by atoms with van der Waals surface area (Å²) >= 11 is 0. The van der Waals surface area contributed by atoms with Gasteiger partial charge in [-0.05, 0) is 25.7 Å². The van der Waals surface area contributed by atoms with E-state index in [1.807, 2.05) is 14.1 Å². The minimum Gasteiger partial charge on any atom is -0.466 e. The van der Waals surface area contributed by atoms with E-state index in [0.29, 0.717) is 63.0 Å². The molecule has 0 aliphatic rings. The van der Waals surface area contributed by atoms with Crippen LogP contribution < -0.4 is 0 Å². The highest BCUT2D eigenvalue weighted by molar-refractivity contribution is 5.77. The summed E-state index contributed by atoms with van der Waals surface area (Å²) in [7, 11) is 3.86. The summed E-state index contributed by atoms with van der Waals surface area (Å²) < 4.78 is 11.3. The zero-order chi connectivity index (χ0) is 35.6. The third kappa shape index (κ3) is 31.6. The van der Waals surface area contributed by atoms with Crippen LogP contribution in [0.1, 0.15) is 181 Å². The lowest BCUT2D eigenvalue weighted by Crippen LogP contribution is -2.50. The minimum absolute atomic E-state index is 0.00646. The molecule has 8 nitrogen and oxygen atoms in total. The molecule has 8 heteroatoms. The van der Waals surface area contributed by atoms with Crippen LogP contribution in [0.15, 0.2) is 0 Å². The molecular formula is C40H79N2O6+. The molecule has 0 atom stereocenters. The minimum atomic E-state index is -0.158. The second-order valence-electron chi connectivity index (χ2n) is 14.6. The van der Waals surface area contributed by atoms with E-state index in [2.05, 4.69) is 13.8 Å². The number of unbranched alkanes of at least 4 members (excludes halogenated alkanes) is 20. The van der Waals surface area contributed by atoms with E-state index in [9.17, 15) is 19.5 Å². The first-order chi connectivity index (χ1) is 23.3. The van der Waals surface area contributed by atoms with Gasteiger partial charge in [0.15, 0.2) is 6.54 Å². The zero-order valence-corrected chi connectivity index (χ0v) is 32.2. The van der Waals surface area contributed by atoms with Crippen molar-refractivity contribution in [1.29, 1.82) is 0 Å². The molecule has 284 valence electrons. The molecule has 0 aliphatic carbocycles. The summed E-state index contributed by atoms with van der Waals surface area (Å²) in [5, 5.41) is 9.38. The van der Waals surface area contributed by atoms with Crippen LogP contribution in [0.4, 0.5) is 0 Å². The van der Waals surface area contributed by atoms with Gasteiger partial charge in [0.05, 0.1) is 33.9 Å². The standard InChI is InChI=1S/C40H79N2O6/c1-5-7-9-11-13-15-17-19-21-23-25-29-39(45)47-35-27-31-41(38(44)37-42(3,4)33-34-43)32-28-36-48-40(46)30-26-24-22-20-18-16-14-12-10-8-6-2/h43H,5-37H2,1-4H3/q+1. The second-order valence-corrected chi connectivity index (χ2v) is 14.6. The van der Waals surface area contributed by atoms with Crippen molar-refractivity contribution in [1.82, 2.24) is 4.90 Å². The largest absolute Gasteiger partial charge is 0.466 e. The van der Waals surface area contributed by atoms with Gasteiger partial charge in [0.25, 0.3) is 5.91 Å². The van der Waals surface area contributed by atoms with Crippen molar-refractivity contribution in [3.63, 3.8) is 0 Å². The summed E-state index contributed by atoms with van der Waals surface area (Å²) in [4.78, 5) is 39.4. The van der Waals surface area contributed by atoms with Gasteiger partial charge in [0.2, 0.25) is 0 Å². The van der Waals surface area contributed by atoms with Crippen molar-refractivity contribution in [2.24, 2.45) is 0 Å². The van der Waals surface area contributed by atoms with Gasteiger partial charge in [0, 0.05) is 25.9 Å². The van der Waals surface area contributed by atoms with Crippen molar-refractivity contribution >= 4 is 17.8 Å². The van der Waals surface area contributed by atoms with E-state index in [0.717, 1.165) is 25.7 Å². The molecule has 0 fully saturated rings. The maximum atomic E-state index is 13.2. The predicted octanol–water partition coefficient (Wildman–Crippen LogP) is 9.15. The molecule has 0 aliphatic heterocycles. The maximum Gasteiger partial charge on any atom is 0.305 e. The Morgan fingerprint density at radius 3 is 1.19 bits per heavy atom. The quantitative estimate of drug-likeness (QED) is 0.0402. The number of rotatable bonds is 36. The number of nitrogens with zero attached hydrogens (tertiary/aromatic N) is 2. The van der Waals surface area contributed by atoms with Crippen LogP contribution in [0.2, 0.25) is 0 Å². The van der Waals surface area contributed by atoms with Crippen LogP contribution in [-0.4, -0.2) is 92.4 Å². The van der Waals surface area contributed by atoms with Gasteiger partial charge < -0.3 is 24.0 Å². The maximum absolute atomic E-state index is 13.2. The molecule has 0 bridgehead atoms. The Balaban J connectivity index is 4.19. The van der Waals surface area contributed by atoms with E-state index in [-0.39, 0.29) is 31.0 Å². The predicted molar refractivity (Wildman–Crippen MR) is 199 cm³/mol. The number of carbonyl (C=O) groups is 3. The first kappa shape index (κ1) is 46.3. The SMILES string of the molecule is CCCCCCCCCCCCCC(=O)OCCCN(CCCOC(=O)CCCCCCCCCCCCC)C(=O)C[N+](C)(C)CCO. The number of aliphatic hydroxyl groups is 1. The molecule has 1 amide bonds. The molecule has 0 rings (SSSR count). The van der Waals surface area contributed by atoms with Gasteiger partial charge >= 0.3 is 11.9 Å². The topological polar surface area (TPSA) is 93.1 Å². The van der Waals surface area contributed by atoms with Crippen molar-refractivity contribution in [2.45, 2.75) is 181 Å². The van der Waals surface area contributed by atoms with Crippen LogP contribution in [0, 0.1) is 0 Å². The fourth-order valence-electron chi connectivity index (χ4n) is 6.07. The van der Waals surface area contributed by atoms with Gasteiger partial charge in [-0.2, -0.15) is 0 Å². The smallest absolute Gasteiger partial charge is 0.305 e. The number of hydrogen-bond acceptors (Lipinski definition) is 6. The fraction of sp³-hybridized carbons (Fsp3) is 0.925. The Morgan fingerprint density at radius 1 is 0.521 bits per heavy atom. The summed E-state index contributed by atoms with van der Waals surface area (Å²) in [5.74, 6) is -0.323. The molecule has 0 aromatic heterocycles. The number of hydrogen-bond donors (Lipinski definition) is 1. The highest BCUT2D eigenvalue weighted by atomic mass is 16.5. The molecule has 0 aromatic rings. The molecule has 48 heavy (non-hydrogen) atoms. The highest BCUT2D eigenvalue weighted by Crippen LogP contribution is 2.14. The van der Waals surface area contributed by atoms with E-state index in [1.165, 1.54) is 116 Å². The molecule has 0 spiro atoms. The number of quaternary nitrogens is 1. The Morgan fingerprint density at radius 2 is 0.854 bits per heavy atom. The average molecular weight is 684 g/mol. The summed E-state index contributed by atoms with van der Waals surface area (Å²) in [6.45, 7) is 6.84. The fourth-order valence-corrected chi connectivity index (χ4v) is 6.07. The van der Waals surface area contributed by atoms with Crippen molar-refractivity contribution in [2.75, 3.05) is 60.1 Å². The van der Waals surface area contributed by atoms with Crippen molar-refractivity contribution in [3.05, 3.63) is 0 Å². The molecule has 0 saturated carbocycles. The Hall–Kier alpha value is -1.67. The van der Waals surface area contributed by atoms with Crippen molar-refractivity contribution in [3.8, 4) is 0 Å². The van der Waals surface area contributed by atoms with E-state index in [4.69, 9.17) is 9.47 Å². The summed E-state index contributed by atoms with van der Waals surface area (Å²) in [6, 6.07) is 0. The van der Waals surface area contributed by atoms with Gasteiger partial charge in [-0.15, -0.1) is 0 Å². The molecule has 0 heterocycles. The monoisotopic (exact) mass is 684 g/mol. The van der Waals surface area contributed by atoms with Gasteiger partial charge in [-0.3, -0.25) is 14.4 Å². The van der Waals surface area contributed by atoms with Gasteiger partial charge in [0.1, 0.15) is 6.54 Å². The normalized spacial score (nSPS) is 11.5. The molecule has 1 N–H and O–H groups in total. The lowest BCUT2D eigenvalue weighted by molar-refractivity contribution is -0.883. The second kappa shape index (κ2) is 33.8. The molecular weight excluding hydrogens is 604 g/mol. The first-order valence-electron chi connectivity index (χ1n) is 20.3. The number of carbonyl (C=O) groups excluding carboxylic acids is 3. The van der Waals surface area contributed by atoms with E-state index < -0.39 is 0 Å². The molecule has 0 unspecified atom stereocenters. The lowest BCUT2D eigenvalue weighted by atomic mass is 10.1. The molecule has 0 saturated heterocycles. The average Bonchev–Trinajstić information content (AvgIpc) is 3.05. The number of esters is 2. The van der Waals surface area contributed by atoms with Gasteiger partial charge in [-0.25, -0.2) is 0 Å². The summed E-state index contributed by atoms with van der Waals surface area (Å²) in [6.07, 6.45) is 29.5. The van der Waals surface area contributed by atoms with Crippen molar-refractivity contribution < 1.29 is 33.4 Å². The number of amides is 1. The molecule has 0 aromatic carbocycles. The van der Waals surface area contributed by atoms with Crippen LogP contribution in [0.5, 0.6) is 0 Å². The zero-order valence-electron chi connectivity index (χ0n) is 32.2. The Kier molecular flexibility index (Phi) is 32.6. The lowest BCUT2D eigenvalue weighted by Gasteiger charge is -2.31. The Labute approximate surface area is 296 Å². The highest BCUT2D eigenvalue weighted by Gasteiger charge is 2.24. The Bertz CT molecular complexity index is 714. The first-order valence-corrected chi connectivity index (χ1v) is 20.3. The van der Waals surface area contributed by atoms with Gasteiger partial charge in [-0.1, -0.05) is 142 Å². The van der Waals surface area contributed by atoms with E-state index >= 15 is 0 Å². The van der Waals surface area contributed by atoms with Crippen LogP contribution in [0.3, 0.4) is 0 Å². The summed E-state index contributed by atoms with van der Waals surface area (Å²) in [5.41, 5.74) is 0. The number of likely N-dealkylation sites (N-methyl/N-ethyl adjacent to an activating group) is 1.